The van der Waals surface area contributed by atoms with Gasteiger partial charge in [-0.25, -0.2) is 8.42 Å². The highest BCUT2D eigenvalue weighted by atomic mass is 32.2. The molecule has 2 aromatic rings. The predicted molar refractivity (Wildman–Crippen MR) is 100 cm³/mol. The standard InChI is InChI=1S/C18H24N4O4S/c1-13-18(14(2)20-19-13)27(24,25)22-10-8-21(9-11-22)17(23)12-15-4-6-16(26-3)7-5-15/h4-7H,8-12H2,1-3H3,(H,19,20). The predicted octanol–water partition coefficient (Wildman–Crippen LogP) is 1.11. The molecule has 0 spiro atoms. The van der Waals surface area contributed by atoms with Gasteiger partial charge in [-0.05, 0) is 31.5 Å². The highest BCUT2D eigenvalue weighted by molar-refractivity contribution is 7.89. The number of methoxy groups -OCH3 is 1. The van der Waals surface area contributed by atoms with Crippen molar-refractivity contribution in [1.29, 1.82) is 0 Å². The van der Waals surface area contributed by atoms with Gasteiger partial charge in [0.2, 0.25) is 15.9 Å². The summed E-state index contributed by atoms with van der Waals surface area (Å²) >= 11 is 0. The number of nitrogens with one attached hydrogen (secondary N) is 1. The highest BCUT2D eigenvalue weighted by Crippen LogP contribution is 2.23. The fraction of sp³-hybridized carbons (Fsp3) is 0.444. The van der Waals surface area contributed by atoms with Crippen molar-refractivity contribution in [2.45, 2.75) is 25.2 Å². The lowest BCUT2D eigenvalue weighted by molar-refractivity contribution is -0.131. The first-order chi connectivity index (χ1) is 12.8. The summed E-state index contributed by atoms with van der Waals surface area (Å²) in [6, 6.07) is 7.37. The molecular weight excluding hydrogens is 368 g/mol. The molecule has 1 fully saturated rings. The van der Waals surface area contributed by atoms with Gasteiger partial charge in [0.15, 0.2) is 0 Å². The first-order valence-electron chi connectivity index (χ1n) is 8.75. The molecule has 3 rings (SSSR count). The molecule has 1 aromatic heterocycles. The molecule has 27 heavy (non-hydrogen) atoms. The van der Waals surface area contributed by atoms with E-state index in [1.807, 2.05) is 24.3 Å². The molecule has 0 saturated carbocycles. The van der Waals surface area contributed by atoms with E-state index in [4.69, 9.17) is 4.74 Å². The van der Waals surface area contributed by atoms with Crippen molar-refractivity contribution >= 4 is 15.9 Å². The zero-order valence-electron chi connectivity index (χ0n) is 15.7. The number of hydrogen-bond donors (Lipinski definition) is 1. The van der Waals surface area contributed by atoms with Gasteiger partial charge in [-0.2, -0.15) is 9.40 Å². The van der Waals surface area contributed by atoms with Gasteiger partial charge in [0.25, 0.3) is 0 Å². The Bertz CT molecular complexity index is 894. The number of ether oxygens (including phenoxy) is 1. The van der Waals surface area contributed by atoms with Crippen LogP contribution in [0.2, 0.25) is 0 Å². The second kappa shape index (κ2) is 7.69. The van der Waals surface area contributed by atoms with Crippen molar-refractivity contribution < 1.29 is 17.9 Å². The van der Waals surface area contributed by atoms with Gasteiger partial charge in [0.1, 0.15) is 10.6 Å². The van der Waals surface area contributed by atoms with Crippen LogP contribution in [0.3, 0.4) is 0 Å². The molecule has 9 heteroatoms. The van der Waals surface area contributed by atoms with Crippen molar-refractivity contribution in [3.8, 4) is 5.75 Å². The summed E-state index contributed by atoms with van der Waals surface area (Å²) in [6.45, 7) is 4.68. The fourth-order valence-electron chi connectivity index (χ4n) is 3.26. The van der Waals surface area contributed by atoms with Crippen molar-refractivity contribution in [2.24, 2.45) is 0 Å². The Labute approximate surface area is 159 Å². The minimum Gasteiger partial charge on any atom is -0.497 e. The average Bonchev–Trinajstić information content (AvgIpc) is 3.01. The molecular formula is C18H24N4O4S. The van der Waals surface area contributed by atoms with Crippen LogP contribution in [0.4, 0.5) is 0 Å². The summed E-state index contributed by atoms with van der Waals surface area (Å²) in [5.74, 6) is 0.739. The van der Waals surface area contributed by atoms with Crippen LogP contribution in [0.25, 0.3) is 0 Å². The summed E-state index contributed by atoms with van der Waals surface area (Å²) in [5, 5.41) is 6.69. The molecule has 8 nitrogen and oxygen atoms in total. The SMILES string of the molecule is COc1ccc(CC(=O)N2CCN(S(=O)(=O)c3c(C)n[nH]c3C)CC2)cc1. The highest BCUT2D eigenvalue weighted by Gasteiger charge is 2.33. The van der Waals surface area contributed by atoms with E-state index in [0.29, 0.717) is 24.5 Å². The molecule has 1 aliphatic heterocycles. The maximum atomic E-state index is 12.9. The van der Waals surface area contributed by atoms with Gasteiger partial charge in [-0.1, -0.05) is 12.1 Å². The smallest absolute Gasteiger partial charge is 0.246 e. The maximum absolute atomic E-state index is 12.9. The number of H-pyrrole nitrogens is 1. The van der Waals surface area contributed by atoms with E-state index in [2.05, 4.69) is 10.2 Å². The van der Waals surface area contributed by atoms with E-state index >= 15 is 0 Å². The molecule has 0 aliphatic carbocycles. The molecule has 1 aromatic carbocycles. The number of hydrogen-bond acceptors (Lipinski definition) is 5. The van der Waals surface area contributed by atoms with E-state index < -0.39 is 10.0 Å². The average molecular weight is 392 g/mol. The number of rotatable bonds is 5. The molecule has 0 unspecified atom stereocenters. The Morgan fingerprint density at radius 1 is 1.15 bits per heavy atom. The van der Waals surface area contributed by atoms with Crippen LogP contribution in [-0.2, 0) is 21.2 Å². The first kappa shape index (κ1) is 19.4. The van der Waals surface area contributed by atoms with Crippen LogP contribution < -0.4 is 4.74 Å². The number of carbonyl (C=O) groups excluding carboxylic acids is 1. The summed E-state index contributed by atoms with van der Waals surface area (Å²) in [7, 11) is -2.01. The largest absolute Gasteiger partial charge is 0.497 e. The van der Waals surface area contributed by atoms with E-state index in [1.54, 1.807) is 25.9 Å². The van der Waals surface area contributed by atoms with Crippen LogP contribution in [0, 0.1) is 13.8 Å². The van der Waals surface area contributed by atoms with Gasteiger partial charge in [-0.15, -0.1) is 0 Å². The number of amides is 1. The van der Waals surface area contributed by atoms with Crippen LogP contribution in [0.5, 0.6) is 5.75 Å². The Morgan fingerprint density at radius 2 is 1.78 bits per heavy atom. The number of sulfonamides is 1. The Balaban J connectivity index is 1.62. The van der Waals surface area contributed by atoms with Crippen molar-refractivity contribution in [1.82, 2.24) is 19.4 Å². The van der Waals surface area contributed by atoms with Gasteiger partial charge in [0.05, 0.1) is 24.9 Å². The first-order valence-corrected chi connectivity index (χ1v) is 10.2. The molecule has 0 atom stereocenters. The van der Waals surface area contributed by atoms with Crippen LogP contribution in [0.1, 0.15) is 17.0 Å². The van der Waals surface area contributed by atoms with E-state index in [9.17, 15) is 13.2 Å². The molecule has 0 bridgehead atoms. The molecule has 1 aliphatic rings. The number of carbonyl (C=O) groups is 1. The molecule has 1 saturated heterocycles. The zero-order valence-corrected chi connectivity index (χ0v) is 16.5. The molecule has 146 valence electrons. The van der Waals surface area contributed by atoms with Gasteiger partial charge in [0, 0.05) is 26.2 Å². The summed E-state index contributed by atoms with van der Waals surface area (Å²) in [4.78, 5) is 14.5. The lowest BCUT2D eigenvalue weighted by Crippen LogP contribution is -2.51. The maximum Gasteiger partial charge on any atom is 0.246 e. The Hall–Kier alpha value is -2.39. The van der Waals surface area contributed by atoms with Gasteiger partial charge >= 0.3 is 0 Å². The summed E-state index contributed by atoms with van der Waals surface area (Å²) in [5.41, 5.74) is 1.90. The lowest BCUT2D eigenvalue weighted by Gasteiger charge is -2.34. The Kier molecular flexibility index (Phi) is 5.52. The quantitative estimate of drug-likeness (QED) is 0.822. The second-order valence-corrected chi connectivity index (χ2v) is 8.45. The van der Waals surface area contributed by atoms with Crippen LogP contribution in [0.15, 0.2) is 29.2 Å². The lowest BCUT2D eigenvalue weighted by atomic mass is 10.1. The number of aryl methyl sites for hydroxylation is 2. The van der Waals surface area contributed by atoms with E-state index in [0.717, 1.165) is 11.3 Å². The normalized spacial score (nSPS) is 15.7. The number of aromatic amines is 1. The van der Waals surface area contributed by atoms with Crippen molar-refractivity contribution in [2.75, 3.05) is 33.3 Å². The minimum absolute atomic E-state index is 0.00659. The van der Waals surface area contributed by atoms with Gasteiger partial charge < -0.3 is 9.64 Å². The van der Waals surface area contributed by atoms with Crippen LogP contribution in [-0.4, -0.2) is 67.0 Å². The van der Waals surface area contributed by atoms with E-state index in [-0.39, 0.29) is 30.3 Å². The summed E-state index contributed by atoms with van der Waals surface area (Å²) < 4.78 is 32.3. The third kappa shape index (κ3) is 3.98. The topological polar surface area (TPSA) is 95.6 Å². The molecule has 1 N–H and O–H groups in total. The van der Waals surface area contributed by atoms with Crippen molar-refractivity contribution in [3.05, 3.63) is 41.2 Å². The third-order valence-electron chi connectivity index (χ3n) is 4.76. The number of piperazine rings is 1. The monoisotopic (exact) mass is 392 g/mol. The third-order valence-corrected chi connectivity index (χ3v) is 6.93. The number of nitrogens with zero attached hydrogens (tertiary/aromatic N) is 3. The second-order valence-electron chi connectivity index (χ2n) is 6.57. The molecule has 2 heterocycles. The van der Waals surface area contributed by atoms with Gasteiger partial charge in [-0.3, -0.25) is 9.89 Å². The molecule has 1 amide bonds. The summed E-state index contributed by atoms with van der Waals surface area (Å²) in [6.07, 6.45) is 0.288. The number of aromatic nitrogens is 2. The van der Waals surface area contributed by atoms with Crippen LogP contribution >= 0.6 is 0 Å². The van der Waals surface area contributed by atoms with Crippen molar-refractivity contribution in [3.63, 3.8) is 0 Å². The number of benzene rings is 1. The minimum atomic E-state index is -3.61. The van der Waals surface area contributed by atoms with E-state index in [1.165, 1.54) is 4.31 Å². The molecule has 0 radical (unpaired) electrons. The zero-order chi connectivity index (χ0) is 19.6. The Morgan fingerprint density at radius 3 is 2.30 bits per heavy atom. The fourth-order valence-corrected chi connectivity index (χ4v) is 5.01.